The SMILES string of the molecule is CCNC(=NCC1CN2CCCC2CO1)NC(C)CCC(C)C.I. The summed E-state index contributed by atoms with van der Waals surface area (Å²) in [6, 6.07) is 1.11. The molecule has 0 aliphatic carbocycles. The van der Waals surface area contributed by atoms with E-state index in [0.29, 0.717) is 12.1 Å². The molecule has 142 valence electrons. The van der Waals surface area contributed by atoms with Crippen LogP contribution in [0.4, 0.5) is 0 Å². The van der Waals surface area contributed by atoms with Crippen LogP contribution >= 0.6 is 24.0 Å². The van der Waals surface area contributed by atoms with Crippen molar-refractivity contribution in [3.8, 4) is 0 Å². The Labute approximate surface area is 165 Å². The van der Waals surface area contributed by atoms with Crippen LogP contribution in [-0.2, 0) is 4.74 Å². The van der Waals surface area contributed by atoms with E-state index in [4.69, 9.17) is 9.73 Å². The minimum atomic E-state index is 0. The van der Waals surface area contributed by atoms with Gasteiger partial charge in [0, 0.05) is 25.2 Å². The van der Waals surface area contributed by atoms with Gasteiger partial charge in [0.1, 0.15) is 0 Å². The molecule has 24 heavy (non-hydrogen) atoms. The number of nitrogens with zero attached hydrogens (tertiary/aromatic N) is 2. The summed E-state index contributed by atoms with van der Waals surface area (Å²) in [7, 11) is 0. The Morgan fingerprint density at radius 3 is 2.79 bits per heavy atom. The molecular formula is C18H37IN4O. The van der Waals surface area contributed by atoms with E-state index in [2.05, 4.69) is 43.2 Å². The fourth-order valence-corrected chi connectivity index (χ4v) is 3.40. The topological polar surface area (TPSA) is 48.9 Å². The van der Waals surface area contributed by atoms with Crippen LogP contribution in [0.3, 0.4) is 0 Å². The van der Waals surface area contributed by atoms with Crippen molar-refractivity contribution in [1.82, 2.24) is 15.5 Å². The highest BCUT2D eigenvalue weighted by Gasteiger charge is 2.31. The first-order valence-electron chi connectivity index (χ1n) is 9.49. The lowest BCUT2D eigenvalue weighted by Gasteiger charge is -2.34. The summed E-state index contributed by atoms with van der Waals surface area (Å²) in [4.78, 5) is 7.34. The number of ether oxygens (including phenoxy) is 1. The summed E-state index contributed by atoms with van der Waals surface area (Å²) < 4.78 is 6.00. The fourth-order valence-electron chi connectivity index (χ4n) is 3.40. The first kappa shape index (κ1) is 22.0. The fraction of sp³-hybridized carbons (Fsp3) is 0.944. The molecule has 2 N–H and O–H groups in total. The molecule has 5 nitrogen and oxygen atoms in total. The Hall–Kier alpha value is -0.0800. The van der Waals surface area contributed by atoms with E-state index in [9.17, 15) is 0 Å². The van der Waals surface area contributed by atoms with Gasteiger partial charge in [0.05, 0.1) is 19.3 Å². The summed E-state index contributed by atoms with van der Waals surface area (Å²) in [5, 5.41) is 6.89. The highest BCUT2D eigenvalue weighted by atomic mass is 127. The van der Waals surface area contributed by atoms with Gasteiger partial charge in [-0.2, -0.15) is 0 Å². The lowest BCUT2D eigenvalue weighted by atomic mass is 10.0. The number of nitrogens with one attached hydrogen (secondary N) is 2. The van der Waals surface area contributed by atoms with E-state index < -0.39 is 0 Å². The van der Waals surface area contributed by atoms with Gasteiger partial charge < -0.3 is 15.4 Å². The van der Waals surface area contributed by atoms with Crippen LogP contribution in [0.25, 0.3) is 0 Å². The van der Waals surface area contributed by atoms with Crippen molar-refractivity contribution < 1.29 is 4.74 Å². The second-order valence-electron chi connectivity index (χ2n) is 7.48. The molecule has 2 rings (SSSR count). The summed E-state index contributed by atoms with van der Waals surface area (Å²) in [5.41, 5.74) is 0. The van der Waals surface area contributed by atoms with Gasteiger partial charge in [-0.15, -0.1) is 24.0 Å². The van der Waals surface area contributed by atoms with E-state index in [1.807, 2.05) is 0 Å². The molecule has 2 saturated heterocycles. The van der Waals surface area contributed by atoms with Gasteiger partial charge in [0.25, 0.3) is 0 Å². The van der Waals surface area contributed by atoms with Crippen LogP contribution in [0.2, 0.25) is 0 Å². The molecular weight excluding hydrogens is 415 g/mol. The van der Waals surface area contributed by atoms with E-state index in [0.717, 1.165) is 38.1 Å². The number of morpholine rings is 1. The highest BCUT2D eigenvalue weighted by molar-refractivity contribution is 14.0. The standard InChI is InChI=1S/C18H36N4O.HI/c1-5-19-18(21-15(4)9-8-14(2)3)20-11-17-12-22-10-6-7-16(22)13-23-17;/h14-17H,5-13H2,1-4H3,(H2,19,20,21);1H. The van der Waals surface area contributed by atoms with Crippen molar-refractivity contribution in [3.63, 3.8) is 0 Å². The molecule has 6 heteroatoms. The maximum atomic E-state index is 6.00. The van der Waals surface area contributed by atoms with Crippen molar-refractivity contribution in [2.45, 2.75) is 71.6 Å². The van der Waals surface area contributed by atoms with Crippen molar-refractivity contribution in [2.24, 2.45) is 10.9 Å². The van der Waals surface area contributed by atoms with Crippen LogP contribution in [0, 0.1) is 5.92 Å². The Balaban J connectivity index is 0.00000288. The molecule has 2 heterocycles. The monoisotopic (exact) mass is 452 g/mol. The Morgan fingerprint density at radius 2 is 2.08 bits per heavy atom. The summed E-state index contributed by atoms with van der Waals surface area (Å²) in [6.45, 7) is 13.7. The molecule has 0 aromatic heterocycles. The maximum Gasteiger partial charge on any atom is 0.191 e. The first-order valence-corrected chi connectivity index (χ1v) is 9.49. The zero-order valence-electron chi connectivity index (χ0n) is 15.9. The molecule has 0 bridgehead atoms. The van der Waals surface area contributed by atoms with Gasteiger partial charge in [-0.25, -0.2) is 0 Å². The first-order chi connectivity index (χ1) is 11.1. The molecule has 0 aromatic rings. The second-order valence-corrected chi connectivity index (χ2v) is 7.48. The molecule has 2 aliphatic heterocycles. The van der Waals surface area contributed by atoms with E-state index in [1.54, 1.807) is 0 Å². The van der Waals surface area contributed by atoms with Gasteiger partial charge in [-0.05, 0) is 52.0 Å². The lowest BCUT2D eigenvalue weighted by Crippen LogP contribution is -2.48. The molecule has 3 unspecified atom stereocenters. The van der Waals surface area contributed by atoms with Gasteiger partial charge in [-0.3, -0.25) is 9.89 Å². The highest BCUT2D eigenvalue weighted by Crippen LogP contribution is 2.22. The third-order valence-electron chi connectivity index (χ3n) is 4.82. The van der Waals surface area contributed by atoms with Gasteiger partial charge >= 0.3 is 0 Å². The van der Waals surface area contributed by atoms with Crippen LogP contribution in [0.15, 0.2) is 4.99 Å². The van der Waals surface area contributed by atoms with Crippen molar-refractivity contribution >= 4 is 29.9 Å². The molecule has 2 fully saturated rings. The van der Waals surface area contributed by atoms with Gasteiger partial charge in [0.15, 0.2) is 5.96 Å². The normalized spacial score (nSPS) is 26.0. The van der Waals surface area contributed by atoms with Crippen LogP contribution in [-0.4, -0.2) is 61.8 Å². The van der Waals surface area contributed by atoms with Crippen LogP contribution in [0.1, 0.15) is 53.4 Å². The van der Waals surface area contributed by atoms with Gasteiger partial charge in [0.2, 0.25) is 0 Å². The number of halogens is 1. The van der Waals surface area contributed by atoms with E-state index in [-0.39, 0.29) is 30.1 Å². The van der Waals surface area contributed by atoms with Crippen LogP contribution < -0.4 is 10.6 Å². The Morgan fingerprint density at radius 1 is 1.29 bits per heavy atom. The maximum absolute atomic E-state index is 6.00. The molecule has 0 aromatic carbocycles. The molecule has 2 aliphatic rings. The minimum Gasteiger partial charge on any atom is -0.373 e. The van der Waals surface area contributed by atoms with Crippen LogP contribution in [0.5, 0.6) is 0 Å². The molecule has 3 atom stereocenters. The number of aliphatic imine (C=N–C) groups is 1. The number of fused-ring (bicyclic) bond motifs is 1. The summed E-state index contributed by atoms with van der Waals surface area (Å²) in [5.74, 6) is 1.68. The number of rotatable bonds is 7. The largest absolute Gasteiger partial charge is 0.373 e. The quantitative estimate of drug-likeness (QED) is 0.355. The lowest BCUT2D eigenvalue weighted by molar-refractivity contribution is -0.0432. The number of hydrogen-bond donors (Lipinski definition) is 2. The zero-order chi connectivity index (χ0) is 16.7. The zero-order valence-corrected chi connectivity index (χ0v) is 18.2. The predicted molar refractivity (Wildman–Crippen MR) is 112 cm³/mol. The third-order valence-corrected chi connectivity index (χ3v) is 4.82. The molecule has 0 spiro atoms. The smallest absolute Gasteiger partial charge is 0.191 e. The summed E-state index contributed by atoms with van der Waals surface area (Å²) >= 11 is 0. The molecule has 0 amide bonds. The Kier molecular flexibility index (Phi) is 10.5. The average molecular weight is 452 g/mol. The number of guanidine groups is 1. The number of hydrogen-bond acceptors (Lipinski definition) is 3. The molecule has 0 saturated carbocycles. The minimum absolute atomic E-state index is 0. The average Bonchev–Trinajstić information content (AvgIpc) is 2.98. The van der Waals surface area contributed by atoms with E-state index >= 15 is 0 Å². The summed E-state index contributed by atoms with van der Waals surface area (Å²) in [6.07, 6.45) is 5.29. The van der Waals surface area contributed by atoms with E-state index in [1.165, 1.54) is 32.2 Å². The third kappa shape index (κ3) is 7.44. The Bertz CT molecular complexity index is 378. The second kappa shape index (κ2) is 11.5. The van der Waals surface area contributed by atoms with Crippen molar-refractivity contribution in [3.05, 3.63) is 0 Å². The molecule has 0 radical (unpaired) electrons. The van der Waals surface area contributed by atoms with Crippen molar-refractivity contribution in [1.29, 1.82) is 0 Å². The van der Waals surface area contributed by atoms with Crippen molar-refractivity contribution in [2.75, 3.05) is 32.8 Å². The predicted octanol–water partition coefficient (Wildman–Crippen LogP) is 2.85. The van der Waals surface area contributed by atoms with Gasteiger partial charge in [-0.1, -0.05) is 13.8 Å².